The molecule has 128 valence electrons. The highest BCUT2D eigenvalue weighted by molar-refractivity contribution is 6.06. The van der Waals surface area contributed by atoms with E-state index in [1.54, 1.807) is 13.8 Å². The van der Waals surface area contributed by atoms with Gasteiger partial charge in [-0.3, -0.25) is 14.5 Å². The smallest absolute Gasteiger partial charge is 0.325 e. The summed E-state index contributed by atoms with van der Waals surface area (Å²) in [5.74, 6) is -0.524. The lowest BCUT2D eigenvalue weighted by molar-refractivity contribution is -0.147. The summed E-state index contributed by atoms with van der Waals surface area (Å²) in [4.78, 5) is 37.1. The molecule has 2 atom stereocenters. The van der Waals surface area contributed by atoms with E-state index >= 15 is 0 Å². The number of urea groups is 1. The number of carbonyl (C=O) groups is 3. The van der Waals surface area contributed by atoms with Gasteiger partial charge in [0.25, 0.3) is 5.91 Å². The number of nitrogens with one attached hydrogen (secondary N) is 1. The van der Waals surface area contributed by atoms with Crippen LogP contribution in [0.25, 0.3) is 0 Å². The molecule has 2 fully saturated rings. The van der Waals surface area contributed by atoms with Gasteiger partial charge < -0.3 is 10.1 Å². The molecule has 1 N–H and O–H groups in total. The SMILES string of the molecule is CC(C)=C[C@@H]1[C@@H](C(=O)OCCN2C(=O)NC(C)(C)C2=O)C1(C)C. The summed E-state index contributed by atoms with van der Waals surface area (Å²) in [5, 5.41) is 2.60. The summed E-state index contributed by atoms with van der Waals surface area (Å²) < 4.78 is 5.30. The van der Waals surface area contributed by atoms with Crippen molar-refractivity contribution in [2.45, 2.75) is 47.1 Å². The molecule has 0 unspecified atom stereocenters. The Bertz CT molecular complexity index is 573. The Kier molecular flexibility index (Phi) is 4.30. The van der Waals surface area contributed by atoms with E-state index in [-0.39, 0.29) is 42.3 Å². The molecular weight excluding hydrogens is 296 g/mol. The van der Waals surface area contributed by atoms with Crippen LogP contribution in [0.5, 0.6) is 0 Å². The molecular formula is C17H26N2O4. The molecule has 0 bridgehead atoms. The molecule has 0 aromatic carbocycles. The maximum absolute atomic E-state index is 12.2. The van der Waals surface area contributed by atoms with Gasteiger partial charge in [-0.1, -0.05) is 25.5 Å². The molecule has 1 saturated carbocycles. The van der Waals surface area contributed by atoms with Gasteiger partial charge in [0.2, 0.25) is 0 Å². The summed E-state index contributed by atoms with van der Waals surface area (Å²) in [6.07, 6.45) is 2.10. The highest BCUT2D eigenvalue weighted by Gasteiger charge is 2.61. The third-order valence-electron chi connectivity index (χ3n) is 4.68. The highest BCUT2D eigenvalue weighted by atomic mass is 16.5. The fourth-order valence-corrected chi connectivity index (χ4v) is 3.15. The van der Waals surface area contributed by atoms with Gasteiger partial charge in [0, 0.05) is 0 Å². The Labute approximate surface area is 137 Å². The van der Waals surface area contributed by atoms with E-state index in [1.165, 1.54) is 5.57 Å². The molecule has 1 aliphatic heterocycles. The predicted octanol–water partition coefficient (Wildman–Crippen LogP) is 2.10. The van der Waals surface area contributed by atoms with Gasteiger partial charge in [-0.05, 0) is 39.0 Å². The molecule has 2 aliphatic rings. The monoisotopic (exact) mass is 322 g/mol. The van der Waals surface area contributed by atoms with Crippen molar-refractivity contribution >= 4 is 17.9 Å². The normalized spacial score (nSPS) is 27.5. The van der Waals surface area contributed by atoms with Crippen LogP contribution in [-0.2, 0) is 14.3 Å². The average molecular weight is 322 g/mol. The Hall–Kier alpha value is -1.85. The summed E-state index contributed by atoms with van der Waals surface area (Å²) in [6, 6.07) is -0.440. The molecule has 3 amide bonds. The highest BCUT2D eigenvalue weighted by Crippen LogP contribution is 2.59. The van der Waals surface area contributed by atoms with E-state index in [1.807, 2.05) is 27.7 Å². The quantitative estimate of drug-likeness (QED) is 0.478. The molecule has 0 aromatic rings. The molecule has 1 heterocycles. The third-order valence-corrected chi connectivity index (χ3v) is 4.68. The van der Waals surface area contributed by atoms with Crippen molar-refractivity contribution in [3.05, 3.63) is 11.6 Å². The first-order valence-electron chi connectivity index (χ1n) is 7.94. The minimum atomic E-state index is -0.895. The van der Waals surface area contributed by atoms with Crippen LogP contribution in [0, 0.1) is 17.3 Å². The molecule has 6 nitrogen and oxygen atoms in total. The maximum atomic E-state index is 12.2. The molecule has 6 heteroatoms. The first-order valence-corrected chi connectivity index (χ1v) is 7.94. The van der Waals surface area contributed by atoms with Crippen LogP contribution in [0.2, 0.25) is 0 Å². The minimum absolute atomic E-state index is 0.0300. The van der Waals surface area contributed by atoms with E-state index in [0.29, 0.717) is 0 Å². The number of imide groups is 1. The summed E-state index contributed by atoms with van der Waals surface area (Å²) in [6.45, 7) is 11.5. The Morgan fingerprint density at radius 2 is 1.87 bits per heavy atom. The van der Waals surface area contributed by atoms with E-state index in [0.717, 1.165) is 4.90 Å². The topological polar surface area (TPSA) is 75.7 Å². The van der Waals surface area contributed by atoms with Gasteiger partial charge in [0.15, 0.2) is 0 Å². The van der Waals surface area contributed by atoms with Crippen LogP contribution in [0.15, 0.2) is 11.6 Å². The van der Waals surface area contributed by atoms with Crippen LogP contribution in [0.4, 0.5) is 4.79 Å². The van der Waals surface area contributed by atoms with Crippen molar-refractivity contribution in [1.29, 1.82) is 0 Å². The molecule has 1 saturated heterocycles. The van der Waals surface area contributed by atoms with Gasteiger partial charge in [0.1, 0.15) is 12.1 Å². The average Bonchev–Trinajstić information content (AvgIpc) is 2.85. The van der Waals surface area contributed by atoms with E-state index in [9.17, 15) is 14.4 Å². The van der Waals surface area contributed by atoms with E-state index in [4.69, 9.17) is 4.74 Å². The molecule has 0 spiro atoms. The van der Waals surface area contributed by atoms with Crippen molar-refractivity contribution < 1.29 is 19.1 Å². The third kappa shape index (κ3) is 3.26. The van der Waals surface area contributed by atoms with Crippen molar-refractivity contribution in [2.24, 2.45) is 17.3 Å². The lowest BCUT2D eigenvalue weighted by Gasteiger charge is -2.16. The number of ether oxygens (including phenoxy) is 1. The Balaban J connectivity index is 1.86. The number of amides is 3. The van der Waals surface area contributed by atoms with Gasteiger partial charge in [-0.25, -0.2) is 4.79 Å². The Morgan fingerprint density at radius 1 is 1.26 bits per heavy atom. The first-order chi connectivity index (χ1) is 10.5. The second-order valence-electron chi connectivity index (χ2n) is 7.75. The van der Waals surface area contributed by atoms with Crippen molar-refractivity contribution in [3.63, 3.8) is 0 Å². The van der Waals surface area contributed by atoms with Gasteiger partial charge in [-0.15, -0.1) is 0 Å². The number of rotatable bonds is 5. The number of hydrogen-bond donors (Lipinski definition) is 1. The zero-order valence-corrected chi connectivity index (χ0v) is 14.7. The fourth-order valence-electron chi connectivity index (χ4n) is 3.15. The van der Waals surface area contributed by atoms with Gasteiger partial charge >= 0.3 is 12.0 Å². The first kappa shape index (κ1) is 17.5. The zero-order valence-electron chi connectivity index (χ0n) is 14.7. The maximum Gasteiger partial charge on any atom is 0.325 e. The molecule has 2 rings (SSSR count). The van der Waals surface area contributed by atoms with Crippen LogP contribution in [0.1, 0.15) is 41.5 Å². The minimum Gasteiger partial charge on any atom is -0.464 e. The van der Waals surface area contributed by atoms with Gasteiger partial charge in [0.05, 0.1) is 12.5 Å². The van der Waals surface area contributed by atoms with Crippen LogP contribution < -0.4 is 5.32 Å². The number of nitrogens with zero attached hydrogens (tertiary/aromatic N) is 1. The summed E-state index contributed by atoms with van der Waals surface area (Å²) >= 11 is 0. The summed E-state index contributed by atoms with van der Waals surface area (Å²) in [5.41, 5.74) is 0.186. The molecule has 0 aromatic heterocycles. The summed E-state index contributed by atoms with van der Waals surface area (Å²) in [7, 11) is 0. The standard InChI is InChI=1S/C17H26N2O4/c1-10(2)9-11-12(16(11,3)4)13(20)23-8-7-19-14(21)17(5,6)18-15(19)22/h9,11-12H,7-8H2,1-6H3,(H,18,22)/t11-,12+/m1/s1. The van der Waals surface area contributed by atoms with E-state index in [2.05, 4.69) is 11.4 Å². The van der Waals surface area contributed by atoms with Gasteiger partial charge in [-0.2, -0.15) is 0 Å². The van der Waals surface area contributed by atoms with Crippen LogP contribution in [-0.4, -0.2) is 41.5 Å². The number of carbonyl (C=O) groups excluding carboxylic acids is 3. The molecule has 0 radical (unpaired) electrons. The van der Waals surface area contributed by atoms with Crippen LogP contribution in [0.3, 0.4) is 0 Å². The molecule has 23 heavy (non-hydrogen) atoms. The number of allylic oxidation sites excluding steroid dienone is 2. The predicted molar refractivity (Wildman–Crippen MR) is 85.5 cm³/mol. The lowest BCUT2D eigenvalue weighted by atomic mass is 10.1. The van der Waals surface area contributed by atoms with Crippen molar-refractivity contribution in [2.75, 3.05) is 13.2 Å². The van der Waals surface area contributed by atoms with Crippen LogP contribution >= 0.6 is 0 Å². The van der Waals surface area contributed by atoms with E-state index < -0.39 is 11.6 Å². The largest absolute Gasteiger partial charge is 0.464 e. The lowest BCUT2D eigenvalue weighted by Crippen LogP contribution is -2.40. The van der Waals surface area contributed by atoms with Crippen molar-refractivity contribution in [1.82, 2.24) is 10.2 Å². The second kappa shape index (κ2) is 5.65. The number of hydrogen-bond acceptors (Lipinski definition) is 4. The number of esters is 1. The Morgan fingerprint density at radius 3 is 2.35 bits per heavy atom. The second-order valence-corrected chi connectivity index (χ2v) is 7.75. The van der Waals surface area contributed by atoms with Crippen molar-refractivity contribution in [3.8, 4) is 0 Å². The molecule has 1 aliphatic carbocycles. The zero-order chi connectivity index (χ0) is 17.6. The fraction of sp³-hybridized carbons (Fsp3) is 0.706.